The van der Waals surface area contributed by atoms with Crippen LogP contribution in [0.5, 0.6) is 0 Å². The van der Waals surface area contributed by atoms with Crippen molar-refractivity contribution >= 4 is 43.2 Å². The molecular weight excluding hydrogens is 362 g/mol. The summed E-state index contributed by atoms with van der Waals surface area (Å²) in [6.45, 7) is 4.17. The summed E-state index contributed by atoms with van der Waals surface area (Å²) in [5, 5.41) is 0. The van der Waals surface area contributed by atoms with E-state index >= 15 is 0 Å². The van der Waals surface area contributed by atoms with Gasteiger partial charge in [-0.3, -0.25) is 0 Å². The first-order valence-electron chi connectivity index (χ1n) is 5.26. The Balaban J connectivity index is 2.39. The fourth-order valence-electron chi connectivity index (χ4n) is 1.74. The summed E-state index contributed by atoms with van der Waals surface area (Å²) >= 11 is 8.79. The van der Waals surface area contributed by atoms with E-state index in [1.54, 1.807) is 11.3 Å². The molecule has 1 aromatic carbocycles. The van der Waals surface area contributed by atoms with Crippen molar-refractivity contribution in [3.63, 3.8) is 0 Å². The number of benzene rings is 1. The number of thiophene rings is 1. The highest BCUT2D eigenvalue weighted by Gasteiger charge is 2.13. The van der Waals surface area contributed by atoms with Crippen LogP contribution >= 0.6 is 43.2 Å². The van der Waals surface area contributed by atoms with Crippen molar-refractivity contribution in [3.05, 3.63) is 54.1 Å². The SMILES string of the molecule is Cc1cc(Br)cc(C(N)c2cc(Br)c(C)s2)c1. The maximum absolute atomic E-state index is 6.31. The third-order valence-electron chi connectivity index (χ3n) is 2.61. The van der Waals surface area contributed by atoms with Gasteiger partial charge in [-0.25, -0.2) is 0 Å². The molecule has 0 aliphatic rings. The van der Waals surface area contributed by atoms with E-state index in [9.17, 15) is 0 Å². The van der Waals surface area contributed by atoms with E-state index in [0.717, 1.165) is 14.5 Å². The van der Waals surface area contributed by atoms with Crippen LogP contribution < -0.4 is 5.73 Å². The van der Waals surface area contributed by atoms with E-state index in [1.807, 2.05) is 0 Å². The Hall–Kier alpha value is -0.160. The quantitative estimate of drug-likeness (QED) is 0.791. The number of rotatable bonds is 2. The number of nitrogens with two attached hydrogens (primary N) is 1. The van der Waals surface area contributed by atoms with E-state index < -0.39 is 0 Å². The molecule has 1 nitrogen and oxygen atoms in total. The van der Waals surface area contributed by atoms with Gasteiger partial charge in [-0.05, 0) is 59.1 Å². The first-order valence-corrected chi connectivity index (χ1v) is 7.66. The highest BCUT2D eigenvalue weighted by atomic mass is 79.9. The summed E-state index contributed by atoms with van der Waals surface area (Å²) in [4.78, 5) is 2.45. The fraction of sp³-hybridized carbons (Fsp3) is 0.231. The lowest BCUT2D eigenvalue weighted by Crippen LogP contribution is -2.10. The second-order valence-corrected chi connectivity index (χ2v) is 7.15. The van der Waals surface area contributed by atoms with Crippen molar-refractivity contribution in [3.8, 4) is 0 Å². The van der Waals surface area contributed by atoms with Crippen molar-refractivity contribution in [2.24, 2.45) is 5.73 Å². The molecule has 0 saturated carbocycles. The molecular formula is C13H13Br2NS. The second-order valence-electron chi connectivity index (χ2n) is 4.09. The summed E-state index contributed by atoms with van der Waals surface area (Å²) < 4.78 is 2.22. The molecule has 0 fully saturated rings. The number of halogens is 2. The van der Waals surface area contributed by atoms with Gasteiger partial charge in [0, 0.05) is 18.7 Å². The molecule has 1 unspecified atom stereocenters. The Bertz CT molecular complexity index is 509. The fourth-order valence-corrected chi connectivity index (χ4v) is 3.96. The molecule has 1 heterocycles. The van der Waals surface area contributed by atoms with E-state index in [0.29, 0.717) is 0 Å². The van der Waals surface area contributed by atoms with Crippen LogP contribution in [0.2, 0.25) is 0 Å². The van der Waals surface area contributed by atoms with E-state index in [1.165, 1.54) is 15.3 Å². The van der Waals surface area contributed by atoms with Crippen molar-refractivity contribution < 1.29 is 0 Å². The first-order chi connectivity index (χ1) is 7.97. The lowest BCUT2D eigenvalue weighted by molar-refractivity contribution is 0.890. The Kier molecular flexibility index (Phi) is 4.08. The molecule has 0 bridgehead atoms. The minimum atomic E-state index is -0.0544. The largest absolute Gasteiger partial charge is 0.320 e. The number of aryl methyl sites for hydroxylation is 2. The average Bonchev–Trinajstić information content (AvgIpc) is 2.57. The molecule has 2 rings (SSSR count). The predicted octanol–water partition coefficient (Wildman–Crippen LogP) is 4.94. The maximum Gasteiger partial charge on any atom is 0.0647 e. The number of hydrogen-bond acceptors (Lipinski definition) is 2. The van der Waals surface area contributed by atoms with Gasteiger partial charge < -0.3 is 5.73 Å². The number of hydrogen-bond donors (Lipinski definition) is 1. The van der Waals surface area contributed by atoms with Crippen molar-refractivity contribution in [2.45, 2.75) is 19.9 Å². The highest BCUT2D eigenvalue weighted by molar-refractivity contribution is 9.10. The zero-order valence-corrected chi connectivity index (χ0v) is 13.6. The molecule has 0 radical (unpaired) electrons. The van der Waals surface area contributed by atoms with Gasteiger partial charge in [0.1, 0.15) is 0 Å². The molecule has 0 saturated heterocycles. The third kappa shape index (κ3) is 2.99. The van der Waals surface area contributed by atoms with E-state index in [-0.39, 0.29) is 6.04 Å². The molecule has 0 spiro atoms. The summed E-state index contributed by atoms with van der Waals surface area (Å²) in [6, 6.07) is 8.37. The summed E-state index contributed by atoms with van der Waals surface area (Å²) in [6.07, 6.45) is 0. The Morgan fingerprint density at radius 3 is 2.35 bits per heavy atom. The Morgan fingerprint density at radius 1 is 1.12 bits per heavy atom. The van der Waals surface area contributed by atoms with Crippen molar-refractivity contribution in [1.29, 1.82) is 0 Å². The van der Waals surface area contributed by atoms with Crippen LogP contribution in [0, 0.1) is 13.8 Å². The van der Waals surface area contributed by atoms with Gasteiger partial charge >= 0.3 is 0 Å². The Morgan fingerprint density at radius 2 is 1.82 bits per heavy atom. The molecule has 0 aliphatic carbocycles. The van der Waals surface area contributed by atoms with Gasteiger partial charge in [0.05, 0.1) is 6.04 Å². The predicted molar refractivity (Wildman–Crippen MR) is 81.7 cm³/mol. The van der Waals surface area contributed by atoms with Gasteiger partial charge in [0.2, 0.25) is 0 Å². The first kappa shape index (κ1) is 13.3. The zero-order valence-electron chi connectivity index (χ0n) is 9.63. The topological polar surface area (TPSA) is 26.0 Å². The van der Waals surface area contributed by atoms with Gasteiger partial charge in [-0.15, -0.1) is 11.3 Å². The normalized spacial score (nSPS) is 12.8. The molecule has 90 valence electrons. The van der Waals surface area contributed by atoms with Gasteiger partial charge in [0.25, 0.3) is 0 Å². The zero-order chi connectivity index (χ0) is 12.6. The van der Waals surface area contributed by atoms with E-state index in [2.05, 4.69) is 70.0 Å². The minimum absolute atomic E-state index is 0.0544. The van der Waals surface area contributed by atoms with Crippen LogP contribution in [-0.2, 0) is 0 Å². The highest BCUT2D eigenvalue weighted by Crippen LogP contribution is 2.33. The smallest absolute Gasteiger partial charge is 0.0647 e. The van der Waals surface area contributed by atoms with Gasteiger partial charge in [-0.2, -0.15) is 0 Å². The molecule has 4 heteroatoms. The monoisotopic (exact) mass is 373 g/mol. The summed E-state index contributed by atoms with van der Waals surface area (Å²) in [7, 11) is 0. The van der Waals surface area contributed by atoms with Crippen LogP contribution in [0.15, 0.2) is 33.2 Å². The van der Waals surface area contributed by atoms with Gasteiger partial charge in [-0.1, -0.05) is 22.0 Å². The van der Waals surface area contributed by atoms with Gasteiger partial charge in [0.15, 0.2) is 0 Å². The standard InChI is InChI=1S/C13H13Br2NS/c1-7-3-9(5-10(14)4-7)13(16)12-6-11(15)8(2)17-12/h3-6,13H,16H2,1-2H3. The van der Waals surface area contributed by atoms with Crippen LogP contribution in [0.25, 0.3) is 0 Å². The molecule has 1 aromatic heterocycles. The lowest BCUT2D eigenvalue weighted by Gasteiger charge is -2.11. The van der Waals surface area contributed by atoms with Crippen molar-refractivity contribution in [1.82, 2.24) is 0 Å². The maximum atomic E-state index is 6.31. The molecule has 17 heavy (non-hydrogen) atoms. The van der Waals surface area contributed by atoms with Crippen LogP contribution in [0.1, 0.15) is 26.9 Å². The summed E-state index contributed by atoms with van der Waals surface area (Å²) in [5.41, 5.74) is 8.67. The van der Waals surface area contributed by atoms with Crippen LogP contribution in [-0.4, -0.2) is 0 Å². The molecule has 2 aromatic rings. The molecule has 0 aliphatic heterocycles. The molecule has 1 atom stereocenters. The lowest BCUT2D eigenvalue weighted by atomic mass is 10.0. The summed E-state index contributed by atoms with van der Waals surface area (Å²) in [5.74, 6) is 0. The van der Waals surface area contributed by atoms with Crippen LogP contribution in [0.4, 0.5) is 0 Å². The third-order valence-corrected chi connectivity index (χ3v) is 5.28. The molecule has 2 N–H and O–H groups in total. The van der Waals surface area contributed by atoms with Crippen LogP contribution in [0.3, 0.4) is 0 Å². The van der Waals surface area contributed by atoms with E-state index in [4.69, 9.17) is 5.73 Å². The minimum Gasteiger partial charge on any atom is -0.320 e. The average molecular weight is 375 g/mol. The Labute approximate surface area is 122 Å². The van der Waals surface area contributed by atoms with Crippen molar-refractivity contribution in [2.75, 3.05) is 0 Å². The second kappa shape index (κ2) is 5.22. The molecule has 0 amide bonds.